The Morgan fingerprint density at radius 3 is 2.40 bits per heavy atom. The number of ether oxygens (including phenoxy) is 1. The van der Waals surface area contributed by atoms with Gasteiger partial charge >= 0.3 is 18.2 Å². The van der Waals surface area contributed by atoms with Gasteiger partial charge in [-0.15, -0.1) is 0 Å². The van der Waals surface area contributed by atoms with Crippen molar-refractivity contribution in [2.24, 2.45) is 5.92 Å². The van der Waals surface area contributed by atoms with E-state index in [0.29, 0.717) is 29.1 Å². The third kappa shape index (κ3) is 5.80. The van der Waals surface area contributed by atoms with Crippen LogP contribution in [-0.4, -0.2) is 88.3 Å². The molecule has 3 heterocycles. The predicted molar refractivity (Wildman–Crippen MR) is 126 cm³/mol. The summed E-state index contributed by atoms with van der Waals surface area (Å²) in [5.74, 6) is -0.257. The van der Waals surface area contributed by atoms with E-state index in [1.807, 2.05) is 24.3 Å². The van der Waals surface area contributed by atoms with Gasteiger partial charge in [-0.3, -0.25) is 4.79 Å². The molecule has 5 amide bonds. The van der Waals surface area contributed by atoms with Crippen molar-refractivity contribution in [3.05, 3.63) is 34.9 Å². The molecule has 3 fully saturated rings. The molecule has 4 rings (SSSR count). The summed E-state index contributed by atoms with van der Waals surface area (Å²) in [6.07, 6.45) is 1.16. The number of benzene rings is 1. The third-order valence-corrected chi connectivity index (χ3v) is 6.63. The molecule has 35 heavy (non-hydrogen) atoms. The monoisotopic (exact) mass is 506 g/mol. The lowest BCUT2D eigenvalue weighted by Gasteiger charge is -2.35. The molecule has 0 aliphatic carbocycles. The fourth-order valence-electron chi connectivity index (χ4n) is 4.60. The number of likely N-dealkylation sites (tertiary alicyclic amines) is 1. The molecular weight excluding hydrogens is 476 g/mol. The van der Waals surface area contributed by atoms with E-state index in [1.165, 1.54) is 14.7 Å². The van der Waals surface area contributed by atoms with Crippen LogP contribution in [0.1, 0.15) is 39.2 Å². The van der Waals surface area contributed by atoms with Crippen molar-refractivity contribution in [2.75, 3.05) is 32.7 Å². The summed E-state index contributed by atoms with van der Waals surface area (Å²) in [5, 5.41) is 1.23. The van der Waals surface area contributed by atoms with Crippen LogP contribution in [0.3, 0.4) is 0 Å². The number of hydrogen-bond acceptors (Lipinski definition) is 6. The molecule has 0 aromatic heterocycles. The number of carbonyl (C=O) groups excluding carboxylic acids is 4. The standard InChI is InChI=1S/C24H31ClN4O6/c1-24(2,3)34-22(32)27-11-12-28-19(15-27)20(30)29(21(28)31)35-23(33)26-9-7-16(8-10-26)13-17-5-4-6-18(25)14-17/h4-6,14,16,19H,7-13,15H2,1-3H3. The zero-order chi connectivity index (χ0) is 25.3. The summed E-state index contributed by atoms with van der Waals surface area (Å²) in [5.41, 5.74) is 0.483. The van der Waals surface area contributed by atoms with Crippen LogP contribution in [0.25, 0.3) is 0 Å². The molecule has 1 atom stereocenters. The van der Waals surface area contributed by atoms with E-state index in [2.05, 4.69) is 0 Å². The van der Waals surface area contributed by atoms with E-state index >= 15 is 0 Å². The smallest absolute Gasteiger partial charge is 0.434 e. The van der Waals surface area contributed by atoms with Crippen LogP contribution in [0, 0.1) is 5.92 Å². The lowest BCUT2D eigenvalue weighted by atomic mass is 9.90. The molecule has 1 unspecified atom stereocenters. The lowest BCUT2D eigenvalue weighted by Crippen LogP contribution is -2.55. The highest BCUT2D eigenvalue weighted by molar-refractivity contribution is 6.30. The van der Waals surface area contributed by atoms with Crippen molar-refractivity contribution in [3.63, 3.8) is 0 Å². The summed E-state index contributed by atoms with van der Waals surface area (Å²) < 4.78 is 5.37. The van der Waals surface area contributed by atoms with Crippen molar-refractivity contribution >= 4 is 35.7 Å². The lowest BCUT2D eigenvalue weighted by molar-refractivity contribution is -0.152. The maximum atomic E-state index is 12.9. The van der Waals surface area contributed by atoms with Crippen LogP contribution in [0.4, 0.5) is 14.4 Å². The van der Waals surface area contributed by atoms with Crippen LogP contribution in [0.5, 0.6) is 0 Å². The molecule has 0 saturated carbocycles. The molecule has 1 aromatic carbocycles. The average molecular weight is 507 g/mol. The number of piperidine rings is 1. The second kappa shape index (κ2) is 9.93. The quantitative estimate of drug-likeness (QED) is 0.581. The van der Waals surface area contributed by atoms with Gasteiger partial charge in [0.05, 0.1) is 6.54 Å². The van der Waals surface area contributed by atoms with Crippen LogP contribution in [0.15, 0.2) is 24.3 Å². The number of carbonyl (C=O) groups is 4. The summed E-state index contributed by atoms with van der Waals surface area (Å²) in [6.45, 7) is 6.58. The summed E-state index contributed by atoms with van der Waals surface area (Å²) in [4.78, 5) is 60.2. The SMILES string of the molecule is CC(C)(C)OC(=O)N1CCN2C(=O)N(OC(=O)N3CCC(Cc4cccc(Cl)c4)CC3)C(=O)C2C1. The molecule has 0 spiro atoms. The fourth-order valence-corrected chi connectivity index (χ4v) is 4.81. The maximum Gasteiger partial charge on any atom is 0.434 e. The van der Waals surface area contributed by atoms with Crippen LogP contribution >= 0.6 is 11.6 Å². The van der Waals surface area contributed by atoms with Gasteiger partial charge in [0.15, 0.2) is 0 Å². The van der Waals surface area contributed by atoms with E-state index in [9.17, 15) is 19.2 Å². The van der Waals surface area contributed by atoms with Crippen molar-refractivity contribution in [1.82, 2.24) is 19.8 Å². The minimum Gasteiger partial charge on any atom is -0.444 e. The molecule has 3 saturated heterocycles. The molecule has 190 valence electrons. The van der Waals surface area contributed by atoms with Gasteiger partial charge in [-0.25, -0.2) is 14.4 Å². The Morgan fingerprint density at radius 2 is 1.74 bits per heavy atom. The molecular formula is C24H31ClN4O6. The molecule has 11 heteroatoms. The number of fused-ring (bicyclic) bond motifs is 1. The Labute approximate surface area is 209 Å². The number of imide groups is 1. The van der Waals surface area contributed by atoms with Crippen LogP contribution < -0.4 is 0 Å². The number of hydrogen-bond donors (Lipinski definition) is 0. The minimum absolute atomic E-state index is 0.0115. The Balaban J connectivity index is 1.29. The number of urea groups is 1. The molecule has 0 radical (unpaired) electrons. The fraction of sp³-hybridized carbons (Fsp3) is 0.583. The molecule has 0 N–H and O–H groups in total. The van der Waals surface area contributed by atoms with Crippen molar-refractivity contribution in [1.29, 1.82) is 0 Å². The highest BCUT2D eigenvalue weighted by Gasteiger charge is 2.51. The molecule has 10 nitrogen and oxygen atoms in total. The molecule has 3 aliphatic rings. The molecule has 1 aromatic rings. The summed E-state index contributed by atoms with van der Waals surface area (Å²) >= 11 is 6.07. The van der Waals surface area contributed by atoms with E-state index in [1.54, 1.807) is 20.8 Å². The summed E-state index contributed by atoms with van der Waals surface area (Å²) in [7, 11) is 0. The predicted octanol–water partition coefficient (Wildman–Crippen LogP) is 3.53. The number of piperazine rings is 1. The van der Waals surface area contributed by atoms with E-state index in [4.69, 9.17) is 21.2 Å². The zero-order valence-electron chi connectivity index (χ0n) is 20.2. The number of amides is 5. The van der Waals surface area contributed by atoms with Gasteiger partial charge in [-0.1, -0.05) is 28.8 Å². The van der Waals surface area contributed by atoms with E-state index < -0.39 is 35.8 Å². The first-order valence-electron chi connectivity index (χ1n) is 11.9. The van der Waals surface area contributed by atoms with Gasteiger partial charge in [0, 0.05) is 31.2 Å². The Morgan fingerprint density at radius 1 is 1.03 bits per heavy atom. The third-order valence-electron chi connectivity index (χ3n) is 6.39. The number of hydroxylamine groups is 2. The second-order valence-electron chi connectivity index (χ2n) is 10.2. The normalized spacial score (nSPS) is 21.3. The van der Waals surface area contributed by atoms with Crippen molar-refractivity contribution in [2.45, 2.75) is 51.7 Å². The van der Waals surface area contributed by atoms with Crippen LogP contribution in [0.2, 0.25) is 5.02 Å². The zero-order valence-corrected chi connectivity index (χ0v) is 21.0. The Bertz CT molecular complexity index is 1000. The van der Waals surface area contributed by atoms with Gasteiger partial charge in [0.25, 0.3) is 5.91 Å². The first-order chi connectivity index (χ1) is 16.5. The van der Waals surface area contributed by atoms with Gasteiger partial charge < -0.3 is 24.3 Å². The summed E-state index contributed by atoms with van der Waals surface area (Å²) in [6, 6.07) is 6.16. The van der Waals surface area contributed by atoms with E-state index in [0.717, 1.165) is 24.8 Å². The first kappa shape index (κ1) is 25.1. The van der Waals surface area contributed by atoms with E-state index in [-0.39, 0.29) is 19.6 Å². The number of nitrogens with zero attached hydrogens (tertiary/aromatic N) is 4. The van der Waals surface area contributed by atoms with Crippen molar-refractivity contribution < 1.29 is 28.8 Å². The molecule has 0 bridgehead atoms. The highest BCUT2D eigenvalue weighted by Crippen LogP contribution is 2.26. The van der Waals surface area contributed by atoms with Gasteiger partial charge in [-0.05, 0) is 63.6 Å². The Kier molecular flexibility index (Phi) is 7.12. The van der Waals surface area contributed by atoms with Crippen LogP contribution in [-0.2, 0) is 20.8 Å². The first-order valence-corrected chi connectivity index (χ1v) is 12.2. The van der Waals surface area contributed by atoms with Gasteiger partial charge in [0.2, 0.25) is 0 Å². The highest BCUT2D eigenvalue weighted by atomic mass is 35.5. The topological polar surface area (TPSA) is 99.7 Å². The largest absolute Gasteiger partial charge is 0.444 e. The maximum absolute atomic E-state index is 12.9. The average Bonchev–Trinajstić information content (AvgIpc) is 3.03. The number of rotatable bonds is 3. The Hall–Kier alpha value is -3.01. The number of halogens is 1. The minimum atomic E-state index is -0.903. The second-order valence-corrected chi connectivity index (χ2v) is 10.6. The van der Waals surface area contributed by atoms with Gasteiger partial charge in [-0.2, -0.15) is 0 Å². The molecule has 3 aliphatic heterocycles. The van der Waals surface area contributed by atoms with Crippen molar-refractivity contribution in [3.8, 4) is 0 Å². The van der Waals surface area contributed by atoms with Gasteiger partial charge in [0.1, 0.15) is 11.6 Å².